The molecule has 0 radical (unpaired) electrons. The molecule has 1 heterocycles. The number of methoxy groups -OCH3 is 1. The third-order valence-corrected chi connectivity index (χ3v) is 5.96. The monoisotopic (exact) mass is 383 g/mol. The molecule has 0 aliphatic heterocycles. The fraction of sp³-hybridized carbons (Fsp3) is 0.333. The van der Waals surface area contributed by atoms with Crippen molar-refractivity contribution in [3.8, 4) is 0 Å². The average molecular weight is 384 g/mol. The topological polar surface area (TPSA) is 81.2 Å². The number of benzene rings is 1. The first-order valence-electron chi connectivity index (χ1n) is 7.12. The van der Waals surface area contributed by atoms with Crippen LogP contribution in [0.3, 0.4) is 0 Å². The molecule has 0 bridgehead atoms. The maximum absolute atomic E-state index is 12.0. The summed E-state index contributed by atoms with van der Waals surface area (Å²) in [5, 5.41) is 10.8. The first-order chi connectivity index (χ1) is 11.7. The number of amides is 1. The van der Waals surface area contributed by atoms with Crippen molar-refractivity contribution in [1.29, 1.82) is 0 Å². The first-order valence-corrected chi connectivity index (χ1v) is 9.91. The lowest BCUT2D eigenvalue weighted by Crippen LogP contribution is -2.28. The third-order valence-electron chi connectivity index (χ3n) is 2.77. The van der Waals surface area contributed by atoms with Gasteiger partial charge in [-0.1, -0.05) is 65.2 Å². The lowest BCUT2D eigenvalue weighted by Gasteiger charge is -2.02. The minimum Gasteiger partial charge on any atom is -0.383 e. The average Bonchev–Trinajstić information content (AvgIpc) is 3.07. The number of nitrogens with zero attached hydrogens (tertiary/aromatic N) is 2. The molecule has 9 heteroatoms. The largest absolute Gasteiger partial charge is 0.383 e. The summed E-state index contributed by atoms with van der Waals surface area (Å²) in [6, 6.07) is 9.16. The lowest BCUT2D eigenvalue weighted by molar-refractivity contribution is -0.118. The van der Waals surface area contributed by atoms with E-state index in [9.17, 15) is 9.59 Å². The number of thioether (sulfide) groups is 2. The third kappa shape index (κ3) is 6.60. The van der Waals surface area contributed by atoms with E-state index in [1.165, 1.54) is 34.9 Å². The van der Waals surface area contributed by atoms with Gasteiger partial charge in [0.1, 0.15) is 0 Å². The molecule has 0 saturated heterocycles. The molecule has 128 valence electrons. The van der Waals surface area contributed by atoms with Gasteiger partial charge in [-0.3, -0.25) is 9.59 Å². The molecule has 2 rings (SSSR count). The van der Waals surface area contributed by atoms with E-state index in [0.717, 1.165) is 4.34 Å². The number of ketones is 1. The number of ether oxygens (including phenoxy) is 1. The highest BCUT2D eigenvalue weighted by Gasteiger charge is 2.11. The van der Waals surface area contributed by atoms with Gasteiger partial charge < -0.3 is 10.1 Å². The molecule has 24 heavy (non-hydrogen) atoms. The van der Waals surface area contributed by atoms with Crippen LogP contribution >= 0.6 is 34.9 Å². The van der Waals surface area contributed by atoms with Gasteiger partial charge in [-0.15, -0.1) is 10.2 Å². The predicted molar refractivity (Wildman–Crippen MR) is 97.0 cm³/mol. The summed E-state index contributed by atoms with van der Waals surface area (Å²) in [4.78, 5) is 23.6. The van der Waals surface area contributed by atoms with E-state index in [4.69, 9.17) is 4.74 Å². The van der Waals surface area contributed by atoms with E-state index in [1.54, 1.807) is 19.2 Å². The standard InChI is InChI=1S/C15H17N3O3S3/c1-21-8-7-16-13(20)10-23-15-18-17-14(24-15)22-9-12(19)11-5-3-2-4-6-11/h2-6H,7-10H2,1H3,(H,16,20). The molecule has 0 fully saturated rings. The second-order valence-corrected chi connectivity index (χ2v) is 7.97. The highest BCUT2D eigenvalue weighted by Crippen LogP contribution is 2.29. The molecule has 0 unspecified atom stereocenters. The van der Waals surface area contributed by atoms with Crippen LogP contribution in [-0.4, -0.2) is 53.7 Å². The summed E-state index contributed by atoms with van der Waals surface area (Å²) in [5.74, 6) is 0.593. The highest BCUT2D eigenvalue weighted by molar-refractivity contribution is 8.03. The number of carbonyl (C=O) groups is 2. The molecule has 1 amide bonds. The summed E-state index contributed by atoms with van der Waals surface area (Å²) >= 11 is 4.08. The number of hydrogen-bond donors (Lipinski definition) is 1. The Kier molecular flexibility index (Phi) is 8.23. The Labute approximate surface area is 152 Å². The molecule has 0 aliphatic rings. The quantitative estimate of drug-likeness (QED) is 0.383. The van der Waals surface area contributed by atoms with Gasteiger partial charge in [0.25, 0.3) is 0 Å². The van der Waals surface area contributed by atoms with Crippen LogP contribution in [0.15, 0.2) is 39.0 Å². The number of Topliss-reactive ketones (excluding diaryl/α,β-unsaturated/α-hetero) is 1. The van der Waals surface area contributed by atoms with E-state index in [0.29, 0.717) is 28.8 Å². The molecule has 0 atom stereocenters. The van der Waals surface area contributed by atoms with Gasteiger partial charge in [0, 0.05) is 19.2 Å². The Morgan fingerprint density at radius 1 is 1.12 bits per heavy atom. The zero-order chi connectivity index (χ0) is 17.2. The van der Waals surface area contributed by atoms with Gasteiger partial charge in [-0.05, 0) is 0 Å². The molecular formula is C15H17N3O3S3. The van der Waals surface area contributed by atoms with Crippen LogP contribution in [0.4, 0.5) is 0 Å². The molecule has 0 saturated carbocycles. The Morgan fingerprint density at radius 2 is 1.79 bits per heavy atom. The van der Waals surface area contributed by atoms with E-state index < -0.39 is 0 Å². The van der Waals surface area contributed by atoms with Crippen molar-refractivity contribution in [2.75, 3.05) is 31.8 Å². The van der Waals surface area contributed by atoms with Crippen LogP contribution < -0.4 is 5.32 Å². The minimum atomic E-state index is -0.0688. The number of hydrogen-bond acceptors (Lipinski definition) is 8. The smallest absolute Gasteiger partial charge is 0.230 e. The number of rotatable bonds is 10. The fourth-order valence-corrected chi connectivity index (χ4v) is 4.36. The molecule has 2 aromatic rings. The maximum Gasteiger partial charge on any atom is 0.230 e. The van der Waals surface area contributed by atoms with E-state index in [2.05, 4.69) is 15.5 Å². The summed E-state index contributed by atoms with van der Waals surface area (Å²) in [7, 11) is 1.59. The minimum absolute atomic E-state index is 0.0579. The maximum atomic E-state index is 12.0. The van der Waals surface area contributed by atoms with E-state index in [1.807, 2.05) is 18.2 Å². The van der Waals surface area contributed by atoms with Crippen LogP contribution in [0, 0.1) is 0 Å². The second-order valence-electron chi connectivity index (χ2n) is 4.54. The molecule has 6 nitrogen and oxygen atoms in total. The van der Waals surface area contributed by atoms with Crippen molar-refractivity contribution in [1.82, 2.24) is 15.5 Å². The van der Waals surface area contributed by atoms with Gasteiger partial charge in [0.15, 0.2) is 14.5 Å². The first kappa shape index (κ1) is 18.9. The van der Waals surface area contributed by atoms with Crippen LogP contribution in [0.5, 0.6) is 0 Å². The van der Waals surface area contributed by atoms with Crippen molar-refractivity contribution in [2.45, 2.75) is 8.68 Å². The van der Waals surface area contributed by atoms with Crippen molar-refractivity contribution in [3.63, 3.8) is 0 Å². The summed E-state index contributed by atoms with van der Waals surface area (Å²) in [5.41, 5.74) is 0.692. The van der Waals surface area contributed by atoms with Crippen molar-refractivity contribution in [3.05, 3.63) is 35.9 Å². The second kappa shape index (κ2) is 10.4. The normalized spacial score (nSPS) is 10.5. The Hall–Kier alpha value is -1.42. The van der Waals surface area contributed by atoms with Crippen LogP contribution in [0.2, 0.25) is 0 Å². The molecular weight excluding hydrogens is 366 g/mol. The molecule has 1 aromatic carbocycles. The summed E-state index contributed by atoms with van der Waals surface area (Å²) < 4.78 is 6.30. The molecule has 0 aliphatic carbocycles. The van der Waals surface area contributed by atoms with Crippen LogP contribution in [0.1, 0.15) is 10.4 Å². The molecule has 1 aromatic heterocycles. The van der Waals surface area contributed by atoms with Gasteiger partial charge in [-0.25, -0.2) is 0 Å². The van der Waals surface area contributed by atoms with E-state index in [-0.39, 0.29) is 17.4 Å². The number of carbonyl (C=O) groups excluding carboxylic acids is 2. The van der Waals surface area contributed by atoms with Gasteiger partial charge in [-0.2, -0.15) is 0 Å². The number of aromatic nitrogens is 2. The van der Waals surface area contributed by atoms with Gasteiger partial charge in [0.05, 0.1) is 18.1 Å². The Bertz CT molecular complexity index is 664. The Balaban J connectivity index is 1.73. The lowest BCUT2D eigenvalue weighted by atomic mass is 10.2. The molecule has 0 spiro atoms. The van der Waals surface area contributed by atoms with Crippen molar-refractivity contribution in [2.24, 2.45) is 0 Å². The van der Waals surface area contributed by atoms with Crippen LogP contribution in [0.25, 0.3) is 0 Å². The zero-order valence-corrected chi connectivity index (χ0v) is 15.5. The summed E-state index contributed by atoms with van der Waals surface area (Å²) in [6.45, 7) is 0.986. The molecule has 1 N–H and O–H groups in total. The van der Waals surface area contributed by atoms with Crippen molar-refractivity contribution < 1.29 is 14.3 Å². The fourth-order valence-electron chi connectivity index (χ4n) is 1.62. The number of nitrogens with one attached hydrogen (secondary N) is 1. The van der Waals surface area contributed by atoms with Gasteiger partial charge in [0.2, 0.25) is 5.91 Å². The SMILES string of the molecule is COCCNC(=O)CSc1nnc(SCC(=O)c2ccccc2)s1. The highest BCUT2D eigenvalue weighted by atomic mass is 32.2. The Morgan fingerprint density at radius 3 is 2.46 bits per heavy atom. The van der Waals surface area contributed by atoms with E-state index >= 15 is 0 Å². The zero-order valence-electron chi connectivity index (χ0n) is 13.1. The summed E-state index contributed by atoms with van der Waals surface area (Å²) in [6.07, 6.45) is 0. The predicted octanol–water partition coefficient (Wildman–Crippen LogP) is 2.37. The van der Waals surface area contributed by atoms with Crippen LogP contribution in [-0.2, 0) is 9.53 Å². The van der Waals surface area contributed by atoms with Gasteiger partial charge >= 0.3 is 0 Å². The van der Waals surface area contributed by atoms with Crippen molar-refractivity contribution >= 4 is 46.6 Å².